The van der Waals surface area contributed by atoms with E-state index in [0.717, 1.165) is 16.5 Å². The van der Waals surface area contributed by atoms with E-state index >= 15 is 0 Å². The van der Waals surface area contributed by atoms with Gasteiger partial charge >= 0.3 is 0 Å². The summed E-state index contributed by atoms with van der Waals surface area (Å²) in [6.45, 7) is 2.00. The first-order chi connectivity index (χ1) is 7.96. The van der Waals surface area contributed by atoms with E-state index in [1.807, 2.05) is 31.2 Å². The van der Waals surface area contributed by atoms with Gasteiger partial charge in [-0.3, -0.25) is 0 Å². The van der Waals surface area contributed by atoms with Crippen molar-refractivity contribution in [3.8, 4) is 0 Å². The summed E-state index contributed by atoms with van der Waals surface area (Å²) in [6, 6.07) is 7.59. The lowest BCUT2D eigenvalue weighted by atomic mass is 10.1. The molecule has 0 spiro atoms. The van der Waals surface area contributed by atoms with Crippen molar-refractivity contribution in [3.63, 3.8) is 0 Å². The molecular weight excluding hydrogens is 240 g/mol. The second-order valence-electron chi connectivity index (χ2n) is 3.85. The van der Waals surface area contributed by atoms with Gasteiger partial charge in [-0.2, -0.15) is 0 Å². The average molecular weight is 252 g/mol. The molecule has 0 aliphatic rings. The molecule has 0 atom stereocenters. The van der Waals surface area contributed by atoms with Crippen molar-refractivity contribution in [3.05, 3.63) is 36.0 Å². The quantitative estimate of drug-likeness (QED) is 0.584. The number of hydrogen-bond acceptors (Lipinski definition) is 4. The minimum atomic E-state index is -4.20. The average Bonchev–Trinajstić information content (AvgIpc) is 2.26. The largest absolute Gasteiger partial charge is 0.748 e. The molecule has 90 valence electrons. The van der Waals surface area contributed by atoms with Crippen LogP contribution in [0.25, 0.3) is 10.9 Å². The van der Waals surface area contributed by atoms with Gasteiger partial charge in [-0.1, -0.05) is 22.9 Å². The van der Waals surface area contributed by atoms with E-state index in [2.05, 4.69) is 5.10 Å². The van der Waals surface area contributed by atoms with Gasteiger partial charge in [0.25, 0.3) is 0 Å². The first kappa shape index (κ1) is 11.9. The van der Waals surface area contributed by atoms with Gasteiger partial charge in [0.1, 0.15) is 15.6 Å². The maximum Gasteiger partial charge on any atom is 0.199 e. The summed E-state index contributed by atoms with van der Waals surface area (Å²) in [6.07, 6.45) is 1.74. The summed E-state index contributed by atoms with van der Waals surface area (Å²) < 4.78 is 33.2. The Kier molecular flexibility index (Phi) is 3.08. The van der Waals surface area contributed by atoms with Gasteiger partial charge in [0.05, 0.1) is 5.75 Å². The zero-order valence-electron chi connectivity index (χ0n) is 9.33. The zero-order valence-corrected chi connectivity index (χ0v) is 10.1. The smallest absolute Gasteiger partial charge is 0.199 e. The number of rotatable bonds is 3. The molecule has 17 heavy (non-hydrogen) atoms. The lowest BCUT2D eigenvalue weighted by Gasteiger charge is -2.03. The van der Waals surface area contributed by atoms with Crippen molar-refractivity contribution < 1.29 is 17.7 Å². The SMILES string of the molecule is Cc1c[n+](CCS(=O)(=O)[O-])nc2ccccc12. The van der Waals surface area contributed by atoms with Crippen LogP contribution in [-0.4, -0.2) is 23.8 Å². The van der Waals surface area contributed by atoms with E-state index in [9.17, 15) is 13.0 Å². The van der Waals surface area contributed by atoms with Crippen LogP contribution in [-0.2, 0) is 16.7 Å². The van der Waals surface area contributed by atoms with Crippen molar-refractivity contribution in [1.82, 2.24) is 5.10 Å². The predicted molar refractivity (Wildman–Crippen MR) is 61.2 cm³/mol. The normalized spacial score (nSPS) is 11.9. The molecule has 0 fully saturated rings. The predicted octanol–water partition coefficient (Wildman–Crippen LogP) is 0.376. The highest BCUT2D eigenvalue weighted by Crippen LogP contribution is 2.12. The summed E-state index contributed by atoms with van der Waals surface area (Å²) in [4.78, 5) is 0. The molecule has 1 heterocycles. The highest BCUT2D eigenvalue weighted by atomic mass is 32.2. The van der Waals surface area contributed by atoms with Crippen LogP contribution in [0, 0.1) is 6.92 Å². The van der Waals surface area contributed by atoms with Crippen LogP contribution in [0.2, 0.25) is 0 Å². The third kappa shape index (κ3) is 2.98. The summed E-state index contributed by atoms with van der Waals surface area (Å²) >= 11 is 0. The van der Waals surface area contributed by atoms with Crippen LogP contribution < -0.4 is 4.68 Å². The molecule has 2 rings (SSSR count). The molecule has 0 saturated carbocycles. The Labute approximate surface area is 99.5 Å². The Morgan fingerprint density at radius 1 is 1.35 bits per heavy atom. The Hall–Kier alpha value is -1.53. The molecule has 6 heteroatoms. The van der Waals surface area contributed by atoms with E-state index in [-0.39, 0.29) is 6.54 Å². The minimum Gasteiger partial charge on any atom is -0.748 e. The molecule has 0 radical (unpaired) electrons. The maximum atomic E-state index is 10.6. The molecule has 0 bridgehead atoms. The Morgan fingerprint density at radius 3 is 2.76 bits per heavy atom. The lowest BCUT2D eigenvalue weighted by molar-refractivity contribution is -0.748. The van der Waals surface area contributed by atoms with Gasteiger partial charge in [-0.05, 0) is 13.0 Å². The number of aryl methyl sites for hydroxylation is 2. The maximum absolute atomic E-state index is 10.6. The van der Waals surface area contributed by atoms with Gasteiger partial charge in [-0.25, -0.2) is 8.42 Å². The fourth-order valence-corrected chi connectivity index (χ4v) is 2.09. The van der Waals surface area contributed by atoms with Crippen molar-refractivity contribution in [2.45, 2.75) is 13.5 Å². The molecular formula is C11H12N2O3S. The Bertz CT molecular complexity index is 653. The van der Waals surface area contributed by atoms with Crippen LogP contribution in [0.1, 0.15) is 5.56 Å². The summed E-state index contributed by atoms with van der Waals surface area (Å²) in [5, 5.41) is 5.27. The molecule has 0 amide bonds. The van der Waals surface area contributed by atoms with E-state index < -0.39 is 15.9 Å². The second-order valence-corrected chi connectivity index (χ2v) is 5.38. The summed E-state index contributed by atoms with van der Waals surface area (Å²) in [5.74, 6) is -0.442. The number of fused-ring (bicyclic) bond motifs is 1. The van der Waals surface area contributed by atoms with Crippen LogP contribution >= 0.6 is 0 Å². The lowest BCUT2D eigenvalue weighted by Crippen LogP contribution is -2.41. The van der Waals surface area contributed by atoms with Gasteiger partial charge in [0.2, 0.25) is 0 Å². The molecule has 1 aromatic heterocycles. The van der Waals surface area contributed by atoms with Gasteiger partial charge < -0.3 is 4.55 Å². The van der Waals surface area contributed by atoms with E-state index in [1.165, 1.54) is 4.68 Å². The zero-order chi connectivity index (χ0) is 12.5. The van der Waals surface area contributed by atoms with E-state index in [0.29, 0.717) is 0 Å². The van der Waals surface area contributed by atoms with Crippen molar-refractivity contribution in [1.29, 1.82) is 0 Å². The van der Waals surface area contributed by atoms with Crippen LogP contribution in [0.3, 0.4) is 0 Å². The number of benzene rings is 1. The molecule has 0 saturated heterocycles. The number of aromatic nitrogens is 2. The van der Waals surface area contributed by atoms with Crippen LogP contribution in [0.15, 0.2) is 30.5 Å². The van der Waals surface area contributed by atoms with Crippen molar-refractivity contribution >= 4 is 21.0 Å². The fourth-order valence-electron chi connectivity index (χ4n) is 1.67. The first-order valence-electron chi connectivity index (χ1n) is 5.15. The molecule has 0 aliphatic carbocycles. The summed E-state index contributed by atoms with van der Waals surface area (Å²) in [5.41, 5.74) is 1.79. The molecule has 0 N–H and O–H groups in total. The van der Waals surface area contributed by atoms with Crippen molar-refractivity contribution in [2.75, 3.05) is 5.75 Å². The van der Waals surface area contributed by atoms with Gasteiger partial charge in [0, 0.05) is 16.0 Å². The second kappa shape index (κ2) is 4.38. The van der Waals surface area contributed by atoms with Gasteiger partial charge in [-0.15, -0.1) is 0 Å². The monoisotopic (exact) mass is 252 g/mol. The van der Waals surface area contributed by atoms with E-state index in [4.69, 9.17) is 0 Å². The number of hydrogen-bond donors (Lipinski definition) is 0. The molecule has 2 aromatic rings. The van der Waals surface area contributed by atoms with Crippen molar-refractivity contribution in [2.24, 2.45) is 0 Å². The molecule has 0 unspecified atom stereocenters. The topological polar surface area (TPSA) is 74.0 Å². The highest BCUT2D eigenvalue weighted by Gasteiger charge is 2.10. The molecule has 5 nitrogen and oxygen atoms in total. The third-order valence-electron chi connectivity index (χ3n) is 2.48. The molecule has 1 aromatic carbocycles. The minimum absolute atomic E-state index is 0.0809. The van der Waals surface area contributed by atoms with Crippen LogP contribution in [0.5, 0.6) is 0 Å². The molecule has 0 aliphatic heterocycles. The Balaban J connectivity index is 2.37. The van der Waals surface area contributed by atoms with E-state index in [1.54, 1.807) is 6.20 Å². The third-order valence-corrected chi connectivity index (χ3v) is 3.16. The highest BCUT2D eigenvalue weighted by molar-refractivity contribution is 7.85. The summed E-state index contributed by atoms with van der Waals surface area (Å²) in [7, 11) is -4.20. The Morgan fingerprint density at radius 2 is 2.06 bits per heavy atom. The fraction of sp³-hybridized carbons (Fsp3) is 0.273. The van der Waals surface area contributed by atoms with Gasteiger partial charge in [0.15, 0.2) is 12.7 Å². The standard InChI is InChI=1S/C11H12N2O3S/c1-9-8-13(6-7-17(14,15)16)12-11-5-3-2-4-10(9)11/h2-5,8H,6-7H2,1H3. The number of nitrogens with zero attached hydrogens (tertiary/aromatic N) is 2. The first-order valence-corrected chi connectivity index (χ1v) is 6.73. The van der Waals surface area contributed by atoms with Crippen LogP contribution in [0.4, 0.5) is 0 Å².